The van der Waals surface area contributed by atoms with E-state index in [4.69, 9.17) is 43.1 Å². The topological polar surface area (TPSA) is 87.8 Å². The van der Waals surface area contributed by atoms with Crippen molar-refractivity contribution in [1.29, 1.82) is 0 Å². The number of halogens is 3. The summed E-state index contributed by atoms with van der Waals surface area (Å²) in [7, 11) is 0. The second-order valence-electron chi connectivity index (χ2n) is 12.2. The zero-order valence-electron chi connectivity index (χ0n) is 20.3. The number of esters is 2. The first-order valence-electron chi connectivity index (χ1n) is 12.9. The summed E-state index contributed by atoms with van der Waals surface area (Å²) < 4.78 is 32.2. The SMILES string of the molecule is CC1(N)C(OCc2ccc(Cl)c(Cl)c2)CC2C1C2(F)C(=O)OCOC(=O)C12CC3CC(CC(C3)C1)C2. The van der Waals surface area contributed by atoms with E-state index in [1.54, 1.807) is 25.1 Å². The van der Waals surface area contributed by atoms with Gasteiger partial charge in [0.15, 0.2) is 0 Å². The number of carbonyl (C=O) groups excluding carboxylic acids is 2. The molecule has 4 bridgehead atoms. The van der Waals surface area contributed by atoms with Crippen LogP contribution in [0.1, 0.15) is 57.4 Å². The standard InChI is InChI=1S/C27H32Cl2FNO5/c1-25(31)21(34-12-14-2-3-19(28)20(29)7-14)8-18-22(25)27(18,30)24(33)36-13-35-23(32)26-9-15-4-16(10-26)6-17(5-15)11-26/h2-3,7,15-18,21-22H,4-6,8-13,31H2,1H3. The molecule has 6 aliphatic rings. The molecule has 6 saturated carbocycles. The van der Waals surface area contributed by atoms with Crippen LogP contribution in [0.5, 0.6) is 0 Å². The van der Waals surface area contributed by atoms with E-state index in [0.29, 0.717) is 34.2 Å². The molecule has 36 heavy (non-hydrogen) atoms. The Kier molecular flexibility index (Phi) is 5.91. The zero-order valence-corrected chi connectivity index (χ0v) is 21.8. The van der Waals surface area contributed by atoms with Gasteiger partial charge in [0.2, 0.25) is 12.5 Å². The van der Waals surface area contributed by atoms with E-state index < -0.39 is 47.3 Å². The molecule has 1 aromatic rings. The van der Waals surface area contributed by atoms with Gasteiger partial charge >= 0.3 is 11.9 Å². The second-order valence-corrected chi connectivity index (χ2v) is 13.0. The monoisotopic (exact) mass is 539 g/mol. The normalized spacial score (nSPS) is 43.8. The Labute approximate surface area is 220 Å². The maximum atomic E-state index is 15.7. The molecular weight excluding hydrogens is 508 g/mol. The predicted molar refractivity (Wildman–Crippen MR) is 131 cm³/mol. The van der Waals surface area contributed by atoms with Crippen molar-refractivity contribution in [3.63, 3.8) is 0 Å². The number of fused-ring (bicyclic) bond motifs is 1. The molecule has 0 saturated heterocycles. The van der Waals surface area contributed by atoms with E-state index in [1.165, 1.54) is 19.3 Å². The van der Waals surface area contributed by atoms with E-state index in [9.17, 15) is 9.59 Å². The lowest BCUT2D eigenvalue weighted by Gasteiger charge is -2.55. The van der Waals surface area contributed by atoms with Crippen LogP contribution in [0, 0.1) is 35.0 Å². The van der Waals surface area contributed by atoms with E-state index in [-0.39, 0.29) is 12.6 Å². The summed E-state index contributed by atoms with van der Waals surface area (Å²) in [5.74, 6) is -0.804. The average Bonchev–Trinajstić information content (AvgIpc) is 3.32. The van der Waals surface area contributed by atoms with Crippen LogP contribution in [0.15, 0.2) is 18.2 Å². The van der Waals surface area contributed by atoms with Crippen molar-refractivity contribution in [1.82, 2.24) is 0 Å². The number of ether oxygens (including phenoxy) is 3. The van der Waals surface area contributed by atoms with Crippen LogP contribution in [0.4, 0.5) is 4.39 Å². The van der Waals surface area contributed by atoms with Gasteiger partial charge in [-0.15, -0.1) is 0 Å². The number of carbonyl (C=O) groups is 2. The number of hydrogen-bond donors (Lipinski definition) is 1. The fourth-order valence-corrected chi connectivity index (χ4v) is 8.74. The van der Waals surface area contributed by atoms with Gasteiger partial charge in [0.1, 0.15) is 0 Å². The molecule has 9 heteroatoms. The van der Waals surface area contributed by atoms with E-state index in [2.05, 4.69) is 0 Å². The fourth-order valence-electron chi connectivity index (χ4n) is 8.42. The average molecular weight is 540 g/mol. The van der Waals surface area contributed by atoms with Gasteiger partial charge in [0, 0.05) is 17.4 Å². The summed E-state index contributed by atoms with van der Waals surface area (Å²) in [6.45, 7) is 1.40. The molecule has 0 heterocycles. The molecule has 0 aromatic heterocycles. The Balaban J connectivity index is 1.01. The second kappa shape index (κ2) is 8.55. The molecule has 1 aromatic carbocycles. The smallest absolute Gasteiger partial charge is 0.347 e. The van der Waals surface area contributed by atoms with Gasteiger partial charge in [0.25, 0.3) is 0 Å². The number of benzene rings is 1. The lowest BCUT2D eigenvalue weighted by Crippen LogP contribution is -2.52. The van der Waals surface area contributed by atoms with Crippen LogP contribution in [-0.4, -0.2) is 36.0 Å². The van der Waals surface area contributed by atoms with Crippen LogP contribution >= 0.6 is 23.2 Å². The minimum atomic E-state index is -2.18. The Hall–Kier alpha value is -1.41. The maximum Gasteiger partial charge on any atom is 0.347 e. The summed E-state index contributed by atoms with van der Waals surface area (Å²) in [5.41, 5.74) is 3.63. The largest absolute Gasteiger partial charge is 0.427 e. The Bertz CT molecular complexity index is 1060. The van der Waals surface area contributed by atoms with Crippen molar-refractivity contribution < 1.29 is 28.2 Å². The van der Waals surface area contributed by atoms with Gasteiger partial charge in [-0.3, -0.25) is 4.79 Å². The van der Waals surface area contributed by atoms with Crippen molar-refractivity contribution in [2.24, 2.45) is 40.7 Å². The van der Waals surface area contributed by atoms with Crippen molar-refractivity contribution in [3.8, 4) is 0 Å². The molecule has 6 aliphatic carbocycles. The molecule has 196 valence electrons. The van der Waals surface area contributed by atoms with E-state index >= 15 is 4.39 Å². The molecule has 2 N–H and O–H groups in total. The molecule has 7 rings (SSSR count). The van der Waals surface area contributed by atoms with Gasteiger partial charge in [-0.05, 0) is 87.3 Å². The summed E-state index contributed by atoms with van der Waals surface area (Å²) >= 11 is 12.0. The Morgan fingerprint density at radius 2 is 1.61 bits per heavy atom. The zero-order chi connectivity index (χ0) is 25.5. The lowest BCUT2D eigenvalue weighted by atomic mass is 9.49. The molecular formula is C27H32Cl2FNO5. The van der Waals surface area contributed by atoms with Crippen LogP contribution in [0.2, 0.25) is 10.0 Å². The minimum absolute atomic E-state index is 0.248. The first-order chi connectivity index (χ1) is 17.0. The maximum absolute atomic E-state index is 15.7. The summed E-state index contributed by atoms with van der Waals surface area (Å²) in [5, 5.41) is 0.882. The summed E-state index contributed by atoms with van der Waals surface area (Å²) in [4.78, 5) is 25.7. The molecule has 0 amide bonds. The minimum Gasteiger partial charge on any atom is -0.427 e. The van der Waals surface area contributed by atoms with Gasteiger partial charge in [-0.1, -0.05) is 29.3 Å². The molecule has 5 atom stereocenters. The number of alkyl halides is 1. The molecule has 0 aliphatic heterocycles. The highest BCUT2D eigenvalue weighted by atomic mass is 35.5. The van der Waals surface area contributed by atoms with Crippen molar-refractivity contribution in [2.75, 3.05) is 6.79 Å². The van der Waals surface area contributed by atoms with Gasteiger partial charge < -0.3 is 19.9 Å². The first kappa shape index (κ1) is 24.9. The van der Waals surface area contributed by atoms with Crippen LogP contribution < -0.4 is 5.73 Å². The first-order valence-corrected chi connectivity index (χ1v) is 13.7. The summed E-state index contributed by atoms with van der Waals surface area (Å²) in [6.07, 6.45) is 6.10. The van der Waals surface area contributed by atoms with Crippen LogP contribution in [0.25, 0.3) is 0 Å². The van der Waals surface area contributed by atoms with E-state index in [0.717, 1.165) is 24.8 Å². The third-order valence-corrected chi connectivity index (χ3v) is 10.5. The molecule has 6 fully saturated rings. The third-order valence-electron chi connectivity index (χ3n) is 9.72. The van der Waals surface area contributed by atoms with Crippen LogP contribution in [0.3, 0.4) is 0 Å². The molecule has 5 unspecified atom stereocenters. The van der Waals surface area contributed by atoms with Gasteiger partial charge in [-0.2, -0.15) is 0 Å². The van der Waals surface area contributed by atoms with Crippen LogP contribution in [-0.2, 0) is 30.4 Å². The Morgan fingerprint density at radius 3 is 2.17 bits per heavy atom. The van der Waals surface area contributed by atoms with Gasteiger partial charge in [-0.25, -0.2) is 9.18 Å². The predicted octanol–water partition coefficient (Wildman–Crippen LogP) is 5.21. The molecule has 6 nitrogen and oxygen atoms in total. The fraction of sp³-hybridized carbons (Fsp3) is 0.704. The van der Waals surface area contributed by atoms with Crippen molar-refractivity contribution in [3.05, 3.63) is 33.8 Å². The highest BCUT2D eigenvalue weighted by molar-refractivity contribution is 6.42. The van der Waals surface area contributed by atoms with Crippen molar-refractivity contribution in [2.45, 2.75) is 75.8 Å². The van der Waals surface area contributed by atoms with Crippen molar-refractivity contribution >= 4 is 35.1 Å². The quantitative estimate of drug-likeness (QED) is 0.377. The van der Waals surface area contributed by atoms with Gasteiger partial charge in [0.05, 0.1) is 28.2 Å². The Morgan fingerprint density at radius 1 is 1.00 bits per heavy atom. The highest BCUT2D eigenvalue weighted by Crippen LogP contribution is 2.67. The van der Waals surface area contributed by atoms with E-state index in [1.807, 2.05) is 0 Å². The lowest BCUT2D eigenvalue weighted by molar-refractivity contribution is -0.189. The summed E-state index contributed by atoms with van der Waals surface area (Å²) in [6, 6.07) is 5.21. The third kappa shape index (κ3) is 3.88. The number of nitrogens with two attached hydrogens (primary N) is 1. The molecule has 0 radical (unpaired) electrons. The highest BCUT2D eigenvalue weighted by Gasteiger charge is 2.82. The number of rotatable bonds is 7. The molecule has 0 spiro atoms. The number of hydrogen-bond acceptors (Lipinski definition) is 6.